The zero-order valence-electron chi connectivity index (χ0n) is 10.7. The minimum Gasteiger partial charge on any atom is -0.389 e. The second-order valence-electron chi connectivity index (χ2n) is 5.53. The van der Waals surface area contributed by atoms with E-state index in [0.717, 1.165) is 19.5 Å². The Bertz CT molecular complexity index is 384. The maximum atomic E-state index is 9.95. The van der Waals surface area contributed by atoms with Crippen LogP contribution in [-0.4, -0.2) is 30.3 Å². The number of para-hydroxylation sites is 1. The van der Waals surface area contributed by atoms with Gasteiger partial charge in [0.1, 0.15) is 0 Å². The molecule has 0 amide bonds. The number of benzene rings is 1. The summed E-state index contributed by atoms with van der Waals surface area (Å²) in [5.41, 5.74) is 7.64. The van der Waals surface area contributed by atoms with Gasteiger partial charge in [-0.15, -0.1) is 0 Å². The third-order valence-corrected chi connectivity index (χ3v) is 3.25. The summed E-state index contributed by atoms with van der Waals surface area (Å²) in [4.78, 5) is 2.27. The Balaban J connectivity index is 2.22. The summed E-state index contributed by atoms with van der Waals surface area (Å²) in [6.45, 7) is 6.07. The van der Waals surface area contributed by atoms with Crippen LogP contribution in [0, 0.1) is 0 Å². The lowest BCUT2D eigenvalue weighted by atomic mass is 9.98. The van der Waals surface area contributed by atoms with Gasteiger partial charge in [-0.2, -0.15) is 0 Å². The van der Waals surface area contributed by atoms with Crippen LogP contribution in [0.5, 0.6) is 0 Å². The zero-order chi connectivity index (χ0) is 12.5. The molecule has 0 radical (unpaired) electrons. The van der Waals surface area contributed by atoms with Crippen molar-refractivity contribution < 1.29 is 5.11 Å². The molecule has 94 valence electrons. The molecule has 1 heterocycles. The Kier molecular flexibility index (Phi) is 3.40. The molecule has 0 saturated heterocycles. The largest absolute Gasteiger partial charge is 0.389 e. The molecule has 0 aliphatic carbocycles. The highest BCUT2D eigenvalue weighted by Gasteiger charge is 2.30. The maximum absolute atomic E-state index is 9.95. The Morgan fingerprint density at radius 1 is 1.41 bits per heavy atom. The smallest absolute Gasteiger partial charge is 0.0765 e. The summed E-state index contributed by atoms with van der Waals surface area (Å²) in [6, 6.07) is 8.45. The van der Waals surface area contributed by atoms with E-state index in [-0.39, 0.29) is 0 Å². The maximum Gasteiger partial charge on any atom is 0.0765 e. The van der Waals surface area contributed by atoms with Crippen LogP contribution < -0.4 is 10.6 Å². The van der Waals surface area contributed by atoms with Crippen LogP contribution in [0.4, 0.5) is 5.69 Å². The van der Waals surface area contributed by atoms with Crippen molar-refractivity contribution in [2.75, 3.05) is 24.5 Å². The first-order valence-corrected chi connectivity index (χ1v) is 6.27. The minimum atomic E-state index is -0.662. The molecule has 1 aliphatic rings. The van der Waals surface area contributed by atoms with E-state index in [1.54, 1.807) is 0 Å². The highest BCUT2D eigenvalue weighted by molar-refractivity contribution is 5.60. The highest BCUT2D eigenvalue weighted by Crippen LogP contribution is 2.38. The zero-order valence-corrected chi connectivity index (χ0v) is 10.7. The van der Waals surface area contributed by atoms with Gasteiger partial charge in [0, 0.05) is 24.7 Å². The van der Waals surface area contributed by atoms with Crippen molar-refractivity contribution in [3.63, 3.8) is 0 Å². The van der Waals surface area contributed by atoms with E-state index in [9.17, 15) is 5.11 Å². The normalized spacial score (nSPS) is 19.5. The van der Waals surface area contributed by atoms with Crippen LogP contribution >= 0.6 is 0 Å². The summed E-state index contributed by atoms with van der Waals surface area (Å²) in [7, 11) is 0. The summed E-state index contributed by atoms with van der Waals surface area (Å²) in [5, 5.41) is 9.95. The fourth-order valence-corrected chi connectivity index (χ4v) is 2.65. The van der Waals surface area contributed by atoms with Crippen molar-refractivity contribution in [2.24, 2.45) is 5.73 Å². The van der Waals surface area contributed by atoms with Crippen LogP contribution in [0.25, 0.3) is 0 Å². The third kappa shape index (κ3) is 2.79. The summed E-state index contributed by atoms with van der Waals surface area (Å²) in [5.74, 6) is 0.513. The van der Waals surface area contributed by atoms with Gasteiger partial charge in [0.05, 0.1) is 5.60 Å². The van der Waals surface area contributed by atoms with Gasteiger partial charge in [-0.25, -0.2) is 0 Å². The molecule has 1 atom stereocenters. The van der Waals surface area contributed by atoms with E-state index in [1.165, 1.54) is 11.3 Å². The second-order valence-corrected chi connectivity index (χ2v) is 5.53. The number of aliphatic hydroxyl groups is 1. The van der Waals surface area contributed by atoms with E-state index in [2.05, 4.69) is 29.2 Å². The molecule has 3 heteroatoms. The van der Waals surface area contributed by atoms with Gasteiger partial charge in [0.2, 0.25) is 0 Å². The first kappa shape index (κ1) is 12.4. The van der Waals surface area contributed by atoms with Crippen molar-refractivity contribution >= 4 is 5.69 Å². The molecule has 0 spiro atoms. The molecule has 3 nitrogen and oxygen atoms in total. The van der Waals surface area contributed by atoms with E-state index < -0.39 is 5.60 Å². The average Bonchev–Trinajstić information content (AvgIpc) is 2.56. The van der Waals surface area contributed by atoms with Crippen LogP contribution in [0.15, 0.2) is 24.3 Å². The minimum absolute atomic E-state index is 0.513. The van der Waals surface area contributed by atoms with Crippen LogP contribution in [0.1, 0.15) is 31.7 Å². The monoisotopic (exact) mass is 234 g/mol. The fraction of sp³-hybridized carbons (Fsp3) is 0.571. The van der Waals surface area contributed by atoms with Crippen molar-refractivity contribution in [3.8, 4) is 0 Å². The number of hydrogen-bond acceptors (Lipinski definition) is 3. The molecule has 1 aliphatic heterocycles. The van der Waals surface area contributed by atoms with Gasteiger partial charge in [-0.05, 0) is 38.4 Å². The van der Waals surface area contributed by atoms with Crippen molar-refractivity contribution in [1.29, 1.82) is 0 Å². The predicted molar refractivity (Wildman–Crippen MR) is 71.4 cm³/mol. The molecule has 0 saturated carbocycles. The molecule has 3 N–H and O–H groups in total. The predicted octanol–water partition coefficient (Wildman–Crippen LogP) is 1.71. The fourth-order valence-electron chi connectivity index (χ4n) is 2.65. The topological polar surface area (TPSA) is 49.5 Å². The van der Waals surface area contributed by atoms with Gasteiger partial charge in [0.25, 0.3) is 0 Å². The molecular formula is C14H22N2O. The van der Waals surface area contributed by atoms with E-state index in [0.29, 0.717) is 12.5 Å². The Morgan fingerprint density at radius 2 is 2.12 bits per heavy atom. The van der Waals surface area contributed by atoms with Gasteiger partial charge < -0.3 is 15.7 Å². The lowest BCUT2D eigenvalue weighted by Gasteiger charge is -2.27. The highest BCUT2D eigenvalue weighted by atomic mass is 16.3. The van der Waals surface area contributed by atoms with Crippen molar-refractivity contribution in [3.05, 3.63) is 29.8 Å². The molecule has 1 aromatic rings. The van der Waals surface area contributed by atoms with Gasteiger partial charge in [0.15, 0.2) is 0 Å². The number of β-amino-alcohol motifs (C(OH)–C–C–N with tert-alkyl or cyclic N) is 1. The first-order chi connectivity index (χ1) is 8.01. The molecule has 17 heavy (non-hydrogen) atoms. The van der Waals surface area contributed by atoms with E-state index >= 15 is 0 Å². The van der Waals surface area contributed by atoms with Crippen LogP contribution in [0.2, 0.25) is 0 Å². The molecule has 0 bridgehead atoms. The summed E-state index contributed by atoms with van der Waals surface area (Å²) >= 11 is 0. The van der Waals surface area contributed by atoms with Crippen molar-refractivity contribution in [1.82, 2.24) is 0 Å². The lowest BCUT2D eigenvalue weighted by Crippen LogP contribution is -2.38. The Hall–Kier alpha value is -1.06. The Labute approximate surface area is 103 Å². The van der Waals surface area contributed by atoms with Gasteiger partial charge >= 0.3 is 0 Å². The summed E-state index contributed by atoms with van der Waals surface area (Å²) < 4.78 is 0. The third-order valence-electron chi connectivity index (χ3n) is 3.25. The average molecular weight is 234 g/mol. The standard InChI is InChI=1S/C14H22N2O/c1-14(2,17)10-16-9-11(7-8-15)12-5-3-4-6-13(12)16/h3-6,11,17H,7-10,15H2,1-2H3. The number of anilines is 1. The number of rotatable bonds is 4. The molecular weight excluding hydrogens is 212 g/mol. The van der Waals surface area contributed by atoms with Crippen molar-refractivity contribution in [2.45, 2.75) is 31.8 Å². The SMILES string of the molecule is CC(C)(O)CN1CC(CCN)c2ccccc21. The lowest BCUT2D eigenvalue weighted by molar-refractivity contribution is 0.0876. The number of fused-ring (bicyclic) bond motifs is 1. The second kappa shape index (κ2) is 4.67. The Morgan fingerprint density at radius 3 is 2.76 bits per heavy atom. The van der Waals surface area contributed by atoms with E-state index in [4.69, 9.17) is 5.73 Å². The summed E-state index contributed by atoms with van der Waals surface area (Å²) in [6.07, 6.45) is 1.01. The number of hydrogen-bond donors (Lipinski definition) is 2. The van der Waals surface area contributed by atoms with Gasteiger partial charge in [-0.3, -0.25) is 0 Å². The van der Waals surface area contributed by atoms with E-state index in [1.807, 2.05) is 13.8 Å². The molecule has 0 fully saturated rings. The van der Waals surface area contributed by atoms with Crippen LogP contribution in [-0.2, 0) is 0 Å². The quantitative estimate of drug-likeness (QED) is 0.834. The first-order valence-electron chi connectivity index (χ1n) is 6.27. The number of nitrogens with zero attached hydrogens (tertiary/aromatic N) is 1. The molecule has 2 rings (SSSR count). The molecule has 1 unspecified atom stereocenters. The van der Waals surface area contributed by atoms with Gasteiger partial charge in [-0.1, -0.05) is 18.2 Å². The number of nitrogens with two attached hydrogens (primary N) is 1. The van der Waals surface area contributed by atoms with Crippen LogP contribution in [0.3, 0.4) is 0 Å². The molecule has 1 aromatic carbocycles. The molecule has 0 aromatic heterocycles.